The summed E-state index contributed by atoms with van der Waals surface area (Å²) in [7, 11) is 1.81. The lowest BCUT2D eigenvalue weighted by Crippen LogP contribution is -2.58. The Hall–Kier alpha value is -1.50. The molecule has 1 aromatic rings. The minimum Gasteiger partial charge on any atom is -0.489 e. The molecule has 28 heavy (non-hydrogen) atoms. The van der Waals surface area contributed by atoms with Crippen molar-refractivity contribution >= 4 is 17.6 Å². The van der Waals surface area contributed by atoms with Gasteiger partial charge in [-0.15, -0.1) is 0 Å². The highest BCUT2D eigenvalue weighted by atomic mass is 35.5. The fourth-order valence-electron chi connectivity index (χ4n) is 4.04. The van der Waals surface area contributed by atoms with E-state index in [0.717, 1.165) is 44.3 Å². The molecule has 0 aromatic heterocycles. The second-order valence-electron chi connectivity index (χ2n) is 7.72. The Morgan fingerprint density at radius 2 is 1.89 bits per heavy atom. The first-order valence-electron chi connectivity index (χ1n) is 10.3. The van der Waals surface area contributed by atoms with Gasteiger partial charge < -0.3 is 20.1 Å². The summed E-state index contributed by atoms with van der Waals surface area (Å²) < 4.78 is 11.6. The van der Waals surface area contributed by atoms with Crippen LogP contribution in [0, 0.1) is 0 Å². The summed E-state index contributed by atoms with van der Waals surface area (Å²) in [5, 5.41) is 7.65. The molecule has 3 rings (SSSR count). The second kappa shape index (κ2) is 10.3. The van der Waals surface area contributed by atoms with Gasteiger partial charge in [0.25, 0.3) is 0 Å². The fraction of sp³-hybridized carbons (Fsp3) is 0.667. The molecular weight excluding hydrogens is 376 g/mol. The van der Waals surface area contributed by atoms with E-state index in [9.17, 15) is 0 Å². The molecule has 2 aliphatic heterocycles. The summed E-state index contributed by atoms with van der Waals surface area (Å²) in [6.07, 6.45) is 4.76. The van der Waals surface area contributed by atoms with Crippen molar-refractivity contribution in [2.45, 2.75) is 44.2 Å². The van der Waals surface area contributed by atoms with Crippen LogP contribution in [0.15, 0.2) is 29.3 Å². The largest absolute Gasteiger partial charge is 0.489 e. The maximum absolute atomic E-state index is 5.93. The third-order valence-electron chi connectivity index (χ3n) is 5.72. The minimum absolute atomic E-state index is 0.00958. The van der Waals surface area contributed by atoms with Gasteiger partial charge in [-0.25, -0.2) is 0 Å². The van der Waals surface area contributed by atoms with Crippen LogP contribution in [0.1, 0.15) is 32.6 Å². The van der Waals surface area contributed by atoms with Crippen LogP contribution in [0.4, 0.5) is 0 Å². The van der Waals surface area contributed by atoms with E-state index >= 15 is 0 Å². The first-order chi connectivity index (χ1) is 13.6. The summed E-state index contributed by atoms with van der Waals surface area (Å²) in [6.45, 7) is 7.68. The van der Waals surface area contributed by atoms with Crippen molar-refractivity contribution in [2.75, 3.05) is 46.4 Å². The summed E-state index contributed by atoms with van der Waals surface area (Å²) in [5.74, 6) is 1.63. The van der Waals surface area contributed by atoms with E-state index in [-0.39, 0.29) is 11.6 Å². The number of aliphatic imine (C=N–C) groups is 1. The second-order valence-corrected chi connectivity index (χ2v) is 8.16. The lowest BCUT2D eigenvalue weighted by molar-refractivity contribution is -0.0164. The molecule has 0 radical (unpaired) electrons. The number of guanidine groups is 1. The summed E-state index contributed by atoms with van der Waals surface area (Å²) in [6, 6.07) is 7.44. The highest BCUT2D eigenvalue weighted by Gasteiger charge is 2.39. The molecule has 2 heterocycles. The number of nitrogens with zero attached hydrogens (tertiary/aromatic N) is 2. The van der Waals surface area contributed by atoms with Crippen LogP contribution < -0.4 is 15.4 Å². The molecule has 0 spiro atoms. The van der Waals surface area contributed by atoms with Crippen molar-refractivity contribution in [1.29, 1.82) is 0 Å². The summed E-state index contributed by atoms with van der Waals surface area (Å²) >= 11 is 5.92. The van der Waals surface area contributed by atoms with Gasteiger partial charge in [0.15, 0.2) is 5.96 Å². The van der Waals surface area contributed by atoms with Gasteiger partial charge in [-0.05, 0) is 70.0 Å². The first kappa shape index (κ1) is 21.2. The van der Waals surface area contributed by atoms with E-state index in [1.54, 1.807) is 0 Å². The van der Waals surface area contributed by atoms with Gasteiger partial charge in [-0.2, -0.15) is 0 Å². The molecule has 6 nitrogen and oxygen atoms in total. The smallest absolute Gasteiger partial charge is 0.191 e. The van der Waals surface area contributed by atoms with Gasteiger partial charge in [-0.3, -0.25) is 9.89 Å². The number of halogens is 1. The van der Waals surface area contributed by atoms with Crippen molar-refractivity contribution in [3.63, 3.8) is 0 Å². The van der Waals surface area contributed by atoms with Gasteiger partial charge in [0.1, 0.15) is 11.9 Å². The molecule has 0 aliphatic carbocycles. The molecule has 2 aliphatic rings. The summed E-state index contributed by atoms with van der Waals surface area (Å²) in [5.41, 5.74) is 0.178. The van der Waals surface area contributed by atoms with Gasteiger partial charge in [0, 0.05) is 37.4 Å². The number of ether oxygens (including phenoxy) is 2. The van der Waals surface area contributed by atoms with Crippen molar-refractivity contribution < 1.29 is 9.47 Å². The van der Waals surface area contributed by atoms with Gasteiger partial charge in [0.2, 0.25) is 0 Å². The molecule has 0 bridgehead atoms. The van der Waals surface area contributed by atoms with E-state index in [0.29, 0.717) is 11.6 Å². The maximum Gasteiger partial charge on any atom is 0.191 e. The normalized spacial score (nSPS) is 21.3. The van der Waals surface area contributed by atoms with Gasteiger partial charge in [-0.1, -0.05) is 11.6 Å². The molecule has 156 valence electrons. The molecule has 2 fully saturated rings. The highest BCUT2D eigenvalue weighted by Crippen LogP contribution is 2.30. The third kappa shape index (κ3) is 5.75. The lowest BCUT2D eigenvalue weighted by atomic mass is 9.88. The molecule has 0 saturated carbocycles. The van der Waals surface area contributed by atoms with Crippen molar-refractivity contribution in [1.82, 2.24) is 15.5 Å². The standard InChI is InChI=1S/C21H33ClN4O2/c1-17(28-19-7-5-18(22)6-8-19)15-24-20(23-2)25-16-21(9-13-27-14-10-21)26-11-3-4-12-26/h5-8,17H,3-4,9-16H2,1-2H3,(H2,23,24,25). The minimum atomic E-state index is 0.00958. The van der Waals surface area contributed by atoms with Crippen LogP contribution in [-0.2, 0) is 4.74 Å². The van der Waals surface area contributed by atoms with Crippen LogP contribution in [0.25, 0.3) is 0 Å². The number of nitrogens with one attached hydrogen (secondary N) is 2. The van der Waals surface area contributed by atoms with Crippen LogP contribution in [0.2, 0.25) is 5.02 Å². The molecule has 1 aromatic carbocycles. The Bertz CT molecular complexity index is 626. The van der Waals surface area contributed by atoms with E-state index in [2.05, 4.69) is 20.5 Å². The zero-order valence-electron chi connectivity index (χ0n) is 17.0. The number of hydrogen-bond donors (Lipinski definition) is 2. The fourth-order valence-corrected chi connectivity index (χ4v) is 4.17. The Morgan fingerprint density at radius 3 is 2.54 bits per heavy atom. The molecule has 1 unspecified atom stereocenters. The Labute approximate surface area is 173 Å². The maximum atomic E-state index is 5.93. The predicted octanol–water partition coefficient (Wildman–Crippen LogP) is 2.92. The van der Waals surface area contributed by atoms with Crippen LogP contribution in [0.5, 0.6) is 5.75 Å². The Kier molecular flexibility index (Phi) is 7.82. The molecular formula is C21H33ClN4O2. The quantitative estimate of drug-likeness (QED) is 0.536. The predicted molar refractivity (Wildman–Crippen MR) is 114 cm³/mol. The van der Waals surface area contributed by atoms with E-state index in [1.807, 2.05) is 38.2 Å². The van der Waals surface area contributed by atoms with Crippen LogP contribution >= 0.6 is 11.6 Å². The van der Waals surface area contributed by atoms with Crippen molar-refractivity contribution in [3.05, 3.63) is 29.3 Å². The summed E-state index contributed by atoms with van der Waals surface area (Å²) in [4.78, 5) is 7.05. The monoisotopic (exact) mass is 408 g/mol. The average molecular weight is 409 g/mol. The Morgan fingerprint density at radius 1 is 1.21 bits per heavy atom. The molecule has 1 atom stereocenters. The first-order valence-corrected chi connectivity index (χ1v) is 10.7. The van der Waals surface area contributed by atoms with Gasteiger partial charge >= 0.3 is 0 Å². The lowest BCUT2D eigenvalue weighted by Gasteiger charge is -2.45. The molecule has 7 heteroatoms. The average Bonchev–Trinajstić information content (AvgIpc) is 3.26. The molecule has 2 saturated heterocycles. The van der Waals surface area contributed by atoms with E-state index < -0.39 is 0 Å². The van der Waals surface area contributed by atoms with E-state index in [4.69, 9.17) is 21.1 Å². The topological polar surface area (TPSA) is 58.1 Å². The third-order valence-corrected chi connectivity index (χ3v) is 5.97. The number of rotatable bonds is 7. The van der Waals surface area contributed by atoms with Gasteiger partial charge in [0.05, 0.1) is 6.54 Å². The Balaban J connectivity index is 1.48. The molecule has 0 amide bonds. The number of likely N-dealkylation sites (tertiary alicyclic amines) is 1. The van der Waals surface area contributed by atoms with Crippen LogP contribution in [0.3, 0.4) is 0 Å². The number of benzene rings is 1. The SMILES string of the molecule is CN=C(NCC(C)Oc1ccc(Cl)cc1)NCC1(N2CCCC2)CCOCC1. The molecule has 2 N–H and O–H groups in total. The zero-order chi connectivity index (χ0) is 19.8. The highest BCUT2D eigenvalue weighted by molar-refractivity contribution is 6.30. The van der Waals surface area contributed by atoms with Crippen molar-refractivity contribution in [3.8, 4) is 5.75 Å². The number of hydrogen-bond acceptors (Lipinski definition) is 4. The van der Waals surface area contributed by atoms with Crippen molar-refractivity contribution in [2.24, 2.45) is 4.99 Å². The van der Waals surface area contributed by atoms with E-state index in [1.165, 1.54) is 25.9 Å². The zero-order valence-corrected chi connectivity index (χ0v) is 17.8. The van der Waals surface area contributed by atoms with Crippen LogP contribution in [-0.4, -0.2) is 68.9 Å².